The van der Waals surface area contributed by atoms with Crippen LogP contribution >= 0.6 is 11.6 Å². The summed E-state index contributed by atoms with van der Waals surface area (Å²) in [6, 6.07) is 8.74. The molecule has 2 rings (SSSR count). The number of benzene rings is 1. The third-order valence-corrected chi connectivity index (χ3v) is 3.29. The van der Waals surface area contributed by atoms with Gasteiger partial charge in [-0.15, -0.1) is 0 Å². The third-order valence-electron chi connectivity index (χ3n) is 2.94. The highest BCUT2D eigenvalue weighted by Crippen LogP contribution is 2.26. The van der Waals surface area contributed by atoms with Crippen molar-refractivity contribution in [1.82, 2.24) is 5.32 Å². The summed E-state index contributed by atoms with van der Waals surface area (Å²) < 4.78 is 5.27. The fourth-order valence-electron chi connectivity index (χ4n) is 1.86. The van der Waals surface area contributed by atoms with Crippen molar-refractivity contribution in [2.45, 2.75) is 24.8 Å². The van der Waals surface area contributed by atoms with Crippen LogP contribution in [0, 0.1) is 0 Å². The minimum atomic E-state index is 0.347. The first-order valence-corrected chi connectivity index (χ1v) is 6.16. The van der Waals surface area contributed by atoms with Crippen molar-refractivity contribution >= 4 is 11.6 Å². The van der Waals surface area contributed by atoms with Crippen molar-refractivity contribution in [2.75, 3.05) is 20.3 Å². The van der Waals surface area contributed by atoms with Gasteiger partial charge in [-0.2, -0.15) is 0 Å². The molecule has 1 atom stereocenters. The number of nitrogens with one attached hydrogen (secondary N) is 1. The summed E-state index contributed by atoms with van der Waals surface area (Å²) >= 11 is 6.20. The van der Waals surface area contributed by atoms with Crippen LogP contribution in [-0.2, 0) is 4.74 Å². The van der Waals surface area contributed by atoms with Crippen molar-refractivity contribution in [3.63, 3.8) is 0 Å². The molecule has 0 saturated heterocycles. The third kappa shape index (κ3) is 3.21. The Morgan fingerprint density at radius 2 is 2.19 bits per heavy atom. The van der Waals surface area contributed by atoms with Gasteiger partial charge in [0, 0.05) is 30.6 Å². The molecule has 1 saturated carbocycles. The first-order chi connectivity index (χ1) is 7.81. The van der Waals surface area contributed by atoms with Gasteiger partial charge in [0.25, 0.3) is 0 Å². The summed E-state index contributed by atoms with van der Waals surface area (Å²) in [7, 11) is 1.74. The molecular weight excluding hydrogens is 222 g/mol. The van der Waals surface area contributed by atoms with E-state index in [0.717, 1.165) is 17.6 Å². The van der Waals surface area contributed by atoms with Gasteiger partial charge in [0.05, 0.1) is 6.61 Å². The van der Waals surface area contributed by atoms with Crippen LogP contribution in [0.1, 0.15) is 24.3 Å². The van der Waals surface area contributed by atoms with E-state index in [2.05, 4.69) is 11.4 Å². The molecule has 88 valence electrons. The summed E-state index contributed by atoms with van der Waals surface area (Å²) in [6.45, 7) is 1.66. The molecule has 1 aliphatic rings. The summed E-state index contributed by atoms with van der Waals surface area (Å²) in [5.74, 6) is 0.347. The van der Waals surface area contributed by atoms with E-state index in [9.17, 15) is 0 Å². The van der Waals surface area contributed by atoms with Crippen molar-refractivity contribution < 1.29 is 4.74 Å². The van der Waals surface area contributed by atoms with Crippen molar-refractivity contribution in [1.29, 1.82) is 0 Å². The first-order valence-electron chi connectivity index (χ1n) is 5.78. The number of ether oxygens (including phenoxy) is 1. The van der Waals surface area contributed by atoms with Crippen molar-refractivity contribution in [2.24, 2.45) is 0 Å². The summed E-state index contributed by atoms with van der Waals surface area (Å²) in [5, 5.41) is 4.36. The molecule has 1 N–H and O–H groups in total. The van der Waals surface area contributed by atoms with E-state index in [1.54, 1.807) is 7.11 Å². The Morgan fingerprint density at radius 3 is 2.81 bits per heavy atom. The Bertz CT molecular complexity index is 338. The molecule has 0 heterocycles. The number of hydrogen-bond acceptors (Lipinski definition) is 2. The maximum absolute atomic E-state index is 6.20. The van der Waals surface area contributed by atoms with E-state index < -0.39 is 0 Å². The molecule has 1 aromatic carbocycles. The zero-order valence-corrected chi connectivity index (χ0v) is 10.3. The predicted octanol–water partition coefficient (Wildman–Crippen LogP) is 2.82. The van der Waals surface area contributed by atoms with Crippen LogP contribution in [0.2, 0.25) is 5.02 Å². The minimum absolute atomic E-state index is 0.347. The molecule has 1 fully saturated rings. The van der Waals surface area contributed by atoms with Gasteiger partial charge in [-0.1, -0.05) is 29.8 Å². The molecule has 0 amide bonds. The van der Waals surface area contributed by atoms with Crippen molar-refractivity contribution in [3.05, 3.63) is 34.9 Å². The lowest BCUT2D eigenvalue weighted by Crippen LogP contribution is -2.26. The Balaban J connectivity index is 2.01. The largest absolute Gasteiger partial charge is 0.384 e. The molecule has 0 aliphatic heterocycles. The first kappa shape index (κ1) is 11.9. The van der Waals surface area contributed by atoms with Gasteiger partial charge in [0.15, 0.2) is 0 Å². The molecule has 0 aromatic heterocycles. The quantitative estimate of drug-likeness (QED) is 0.824. The van der Waals surface area contributed by atoms with Crippen molar-refractivity contribution in [3.8, 4) is 0 Å². The van der Waals surface area contributed by atoms with Gasteiger partial charge in [0.2, 0.25) is 0 Å². The molecule has 1 unspecified atom stereocenters. The molecule has 0 bridgehead atoms. The number of rotatable bonds is 6. The molecule has 0 radical (unpaired) electrons. The highest BCUT2D eigenvalue weighted by atomic mass is 35.5. The van der Waals surface area contributed by atoms with Crippen LogP contribution in [0.4, 0.5) is 0 Å². The lowest BCUT2D eigenvalue weighted by atomic mass is 10.00. The standard InChI is InChI=1S/C13H18ClNO/c1-16-9-10(8-15-11-6-7-11)12-4-2-3-5-13(12)14/h2-5,10-11,15H,6-9H2,1H3. The second kappa shape index (κ2) is 5.67. The average molecular weight is 240 g/mol. The Hall–Kier alpha value is -0.570. The zero-order valence-electron chi connectivity index (χ0n) is 9.58. The lowest BCUT2D eigenvalue weighted by molar-refractivity contribution is 0.177. The van der Waals surface area contributed by atoms with E-state index in [0.29, 0.717) is 12.5 Å². The average Bonchev–Trinajstić information content (AvgIpc) is 3.09. The topological polar surface area (TPSA) is 21.3 Å². The normalized spacial score (nSPS) is 17.4. The van der Waals surface area contributed by atoms with Crippen LogP contribution in [-0.4, -0.2) is 26.3 Å². The van der Waals surface area contributed by atoms with Crippen LogP contribution in [0.25, 0.3) is 0 Å². The summed E-state index contributed by atoms with van der Waals surface area (Å²) in [4.78, 5) is 0. The van der Waals surface area contributed by atoms with E-state index >= 15 is 0 Å². The maximum atomic E-state index is 6.20. The van der Waals surface area contributed by atoms with E-state index in [-0.39, 0.29) is 0 Å². The minimum Gasteiger partial charge on any atom is -0.384 e. The molecule has 2 nitrogen and oxygen atoms in total. The SMILES string of the molecule is COCC(CNC1CC1)c1ccccc1Cl. The molecule has 1 aromatic rings. The maximum Gasteiger partial charge on any atom is 0.0543 e. The van der Waals surface area contributed by atoms with Gasteiger partial charge in [-0.05, 0) is 24.5 Å². The second-order valence-corrected chi connectivity index (χ2v) is 4.76. The fourth-order valence-corrected chi connectivity index (χ4v) is 2.15. The molecule has 0 spiro atoms. The Labute approximate surface area is 102 Å². The molecular formula is C13H18ClNO. The highest BCUT2D eigenvalue weighted by Gasteiger charge is 2.23. The van der Waals surface area contributed by atoms with Crippen LogP contribution in [0.5, 0.6) is 0 Å². The molecule has 1 aliphatic carbocycles. The number of halogens is 1. The smallest absolute Gasteiger partial charge is 0.0543 e. The van der Waals surface area contributed by atoms with E-state index in [4.69, 9.17) is 16.3 Å². The van der Waals surface area contributed by atoms with Gasteiger partial charge < -0.3 is 10.1 Å². The highest BCUT2D eigenvalue weighted by molar-refractivity contribution is 6.31. The lowest BCUT2D eigenvalue weighted by Gasteiger charge is -2.18. The number of hydrogen-bond donors (Lipinski definition) is 1. The van der Waals surface area contributed by atoms with E-state index in [1.807, 2.05) is 18.2 Å². The van der Waals surface area contributed by atoms with Crippen LogP contribution in [0.15, 0.2) is 24.3 Å². The second-order valence-electron chi connectivity index (χ2n) is 4.36. The van der Waals surface area contributed by atoms with E-state index in [1.165, 1.54) is 18.4 Å². The Morgan fingerprint density at radius 1 is 1.44 bits per heavy atom. The van der Waals surface area contributed by atoms with Gasteiger partial charge >= 0.3 is 0 Å². The van der Waals surface area contributed by atoms with Gasteiger partial charge in [0.1, 0.15) is 0 Å². The zero-order chi connectivity index (χ0) is 11.4. The van der Waals surface area contributed by atoms with Gasteiger partial charge in [-0.3, -0.25) is 0 Å². The Kier molecular flexibility index (Phi) is 4.22. The molecule has 16 heavy (non-hydrogen) atoms. The van der Waals surface area contributed by atoms with Gasteiger partial charge in [-0.25, -0.2) is 0 Å². The van der Waals surface area contributed by atoms with Crippen LogP contribution < -0.4 is 5.32 Å². The summed E-state index contributed by atoms with van der Waals surface area (Å²) in [5.41, 5.74) is 1.18. The van der Waals surface area contributed by atoms with Crippen LogP contribution in [0.3, 0.4) is 0 Å². The fraction of sp³-hybridized carbons (Fsp3) is 0.538. The summed E-state index contributed by atoms with van der Waals surface area (Å²) in [6.07, 6.45) is 2.62. The molecule has 3 heteroatoms. The predicted molar refractivity (Wildman–Crippen MR) is 67.1 cm³/mol. The monoisotopic (exact) mass is 239 g/mol. The number of methoxy groups -OCH3 is 1.